The van der Waals surface area contributed by atoms with Gasteiger partial charge < -0.3 is 10.2 Å². The molecule has 1 fully saturated rings. The van der Waals surface area contributed by atoms with Crippen LogP contribution in [0.15, 0.2) is 22.7 Å². The summed E-state index contributed by atoms with van der Waals surface area (Å²) in [5.41, 5.74) is 1.20. The van der Waals surface area contributed by atoms with Gasteiger partial charge in [-0.3, -0.25) is 0 Å². The lowest BCUT2D eigenvalue weighted by atomic mass is 9.95. The van der Waals surface area contributed by atoms with Gasteiger partial charge in [0.2, 0.25) is 0 Å². The summed E-state index contributed by atoms with van der Waals surface area (Å²) in [5, 5.41) is 4.26. The minimum atomic E-state index is 0.326. The van der Waals surface area contributed by atoms with Crippen molar-refractivity contribution >= 4 is 27.5 Å². The summed E-state index contributed by atoms with van der Waals surface area (Å²) in [6, 6.07) is 6.50. The zero-order valence-electron chi connectivity index (χ0n) is 13.0. The number of hydrogen-bond donors (Lipinski definition) is 1. The van der Waals surface area contributed by atoms with Crippen molar-refractivity contribution in [3.05, 3.63) is 33.3 Å². The van der Waals surface area contributed by atoms with Gasteiger partial charge in [-0.2, -0.15) is 0 Å². The van der Waals surface area contributed by atoms with Crippen molar-refractivity contribution in [1.82, 2.24) is 10.2 Å². The molecule has 0 amide bonds. The van der Waals surface area contributed by atoms with E-state index in [2.05, 4.69) is 45.2 Å². The standard InChI is InChI=1S/C17H26BrClN2/c1-3-13-5-4-9-21(12-13)10-8-17(20-2)15-7-6-14(18)11-16(15)19/h6-7,11,13,17,20H,3-5,8-10,12H2,1-2H3. The normalized spacial score (nSPS) is 21.4. The topological polar surface area (TPSA) is 15.3 Å². The van der Waals surface area contributed by atoms with Gasteiger partial charge in [-0.05, 0) is 63.0 Å². The van der Waals surface area contributed by atoms with Crippen molar-refractivity contribution in [2.45, 2.75) is 38.6 Å². The van der Waals surface area contributed by atoms with E-state index in [-0.39, 0.29) is 0 Å². The molecule has 1 aliphatic rings. The number of nitrogens with one attached hydrogen (secondary N) is 1. The summed E-state index contributed by atoms with van der Waals surface area (Å²) >= 11 is 9.86. The number of nitrogens with zero attached hydrogens (tertiary/aromatic N) is 1. The predicted molar refractivity (Wildman–Crippen MR) is 95.0 cm³/mol. The molecule has 1 heterocycles. The second-order valence-corrected chi connectivity index (χ2v) is 7.34. The monoisotopic (exact) mass is 372 g/mol. The summed E-state index contributed by atoms with van der Waals surface area (Å²) in [6.45, 7) is 5.97. The molecular formula is C17H26BrClN2. The molecule has 0 aliphatic carbocycles. The van der Waals surface area contributed by atoms with Crippen LogP contribution in [0, 0.1) is 5.92 Å². The molecule has 1 aromatic carbocycles. The van der Waals surface area contributed by atoms with E-state index in [1.165, 1.54) is 37.9 Å². The zero-order valence-corrected chi connectivity index (χ0v) is 15.4. The molecule has 0 aromatic heterocycles. The third-order valence-corrected chi connectivity index (χ3v) is 5.42. The maximum atomic E-state index is 6.39. The highest BCUT2D eigenvalue weighted by Crippen LogP contribution is 2.29. The molecule has 2 rings (SSSR count). The van der Waals surface area contributed by atoms with E-state index in [1.54, 1.807) is 0 Å². The van der Waals surface area contributed by atoms with Crippen molar-refractivity contribution < 1.29 is 0 Å². The fraction of sp³-hybridized carbons (Fsp3) is 0.647. The highest BCUT2D eigenvalue weighted by atomic mass is 79.9. The maximum absolute atomic E-state index is 6.39. The Kier molecular flexibility index (Phi) is 7.00. The largest absolute Gasteiger partial charge is 0.313 e. The molecule has 2 nitrogen and oxygen atoms in total. The second-order valence-electron chi connectivity index (χ2n) is 6.01. The van der Waals surface area contributed by atoms with Gasteiger partial charge in [0.05, 0.1) is 0 Å². The first-order chi connectivity index (χ1) is 10.1. The first-order valence-electron chi connectivity index (χ1n) is 7.98. The second kappa shape index (κ2) is 8.52. The van der Waals surface area contributed by atoms with Gasteiger partial charge >= 0.3 is 0 Å². The molecule has 1 aliphatic heterocycles. The number of halogens is 2. The number of rotatable bonds is 6. The molecule has 0 bridgehead atoms. The van der Waals surface area contributed by atoms with Gasteiger partial charge in [-0.15, -0.1) is 0 Å². The van der Waals surface area contributed by atoms with Crippen LogP contribution in [0.5, 0.6) is 0 Å². The van der Waals surface area contributed by atoms with Crippen LogP contribution in [0.2, 0.25) is 5.02 Å². The lowest BCUT2D eigenvalue weighted by molar-refractivity contribution is 0.165. The molecule has 1 saturated heterocycles. The van der Waals surface area contributed by atoms with Crippen LogP contribution in [-0.2, 0) is 0 Å². The Labute approximate surface area is 142 Å². The van der Waals surface area contributed by atoms with Gasteiger partial charge in [-0.1, -0.05) is 46.9 Å². The first kappa shape index (κ1) is 17.3. The summed E-state index contributed by atoms with van der Waals surface area (Å²) in [6.07, 6.45) is 5.17. The quantitative estimate of drug-likeness (QED) is 0.765. The van der Waals surface area contributed by atoms with E-state index >= 15 is 0 Å². The van der Waals surface area contributed by atoms with Crippen LogP contribution in [0.3, 0.4) is 0 Å². The Morgan fingerprint density at radius 3 is 2.95 bits per heavy atom. The van der Waals surface area contributed by atoms with Gasteiger partial charge in [0, 0.05) is 22.1 Å². The minimum absolute atomic E-state index is 0.326. The number of piperidine rings is 1. The molecule has 0 spiro atoms. The van der Waals surface area contributed by atoms with Crippen LogP contribution in [-0.4, -0.2) is 31.6 Å². The molecular weight excluding hydrogens is 348 g/mol. The molecule has 2 unspecified atom stereocenters. The Bertz CT molecular complexity index is 452. The highest BCUT2D eigenvalue weighted by Gasteiger charge is 2.20. The van der Waals surface area contributed by atoms with Crippen LogP contribution in [0.25, 0.3) is 0 Å². The van der Waals surface area contributed by atoms with Crippen LogP contribution >= 0.6 is 27.5 Å². The van der Waals surface area contributed by atoms with E-state index in [0.717, 1.165) is 28.4 Å². The fourth-order valence-corrected chi connectivity index (χ4v) is 4.04. The average molecular weight is 374 g/mol. The van der Waals surface area contributed by atoms with Gasteiger partial charge in [-0.25, -0.2) is 0 Å². The van der Waals surface area contributed by atoms with E-state index in [4.69, 9.17) is 11.6 Å². The number of hydrogen-bond acceptors (Lipinski definition) is 2. The lowest BCUT2D eigenvalue weighted by Crippen LogP contribution is -2.37. The van der Waals surface area contributed by atoms with Crippen molar-refractivity contribution in [3.63, 3.8) is 0 Å². The molecule has 21 heavy (non-hydrogen) atoms. The molecule has 2 atom stereocenters. The maximum Gasteiger partial charge on any atom is 0.0465 e. The van der Waals surface area contributed by atoms with E-state index < -0.39 is 0 Å². The number of benzene rings is 1. The van der Waals surface area contributed by atoms with Crippen LogP contribution in [0.4, 0.5) is 0 Å². The van der Waals surface area contributed by atoms with Crippen LogP contribution in [0.1, 0.15) is 44.2 Å². The Morgan fingerprint density at radius 2 is 2.29 bits per heavy atom. The van der Waals surface area contributed by atoms with Crippen LogP contribution < -0.4 is 5.32 Å². The molecule has 0 radical (unpaired) electrons. The minimum Gasteiger partial charge on any atom is -0.313 e. The Balaban J connectivity index is 1.93. The van der Waals surface area contributed by atoms with Crippen molar-refractivity contribution in [2.75, 3.05) is 26.7 Å². The van der Waals surface area contributed by atoms with Crippen molar-refractivity contribution in [3.8, 4) is 0 Å². The smallest absolute Gasteiger partial charge is 0.0465 e. The van der Waals surface area contributed by atoms with E-state index in [0.29, 0.717) is 6.04 Å². The summed E-state index contributed by atoms with van der Waals surface area (Å²) < 4.78 is 1.04. The molecule has 1 aromatic rings. The molecule has 118 valence electrons. The van der Waals surface area contributed by atoms with Crippen molar-refractivity contribution in [1.29, 1.82) is 0 Å². The molecule has 1 N–H and O–H groups in total. The predicted octanol–water partition coefficient (Wildman–Crippen LogP) is 4.88. The Morgan fingerprint density at radius 1 is 1.48 bits per heavy atom. The third-order valence-electron chi connectivity index (χ3n) is 4.60. The van der Waals surface area contributed by atoms with Crippen molar-refractivity contribution in [2.24, 2.45) is 5.92 Å². The Hall–Kier alpha value is -0.0900. The SMILES string of the molecule is CCC1CCCN(CCC(NC)c2ccc(Br)cc2Cl)C1. The zero-order chi connectivity index (χ0) is 15.2. The lowest BCUT2D eigenvalue weighted by Gasteiger charge is -2.33. The van der Waals surface area contributed by atoms with Gasteiger partial charge in [0.1, 0.15) is 0 Å². The van der Waals surface area contributed by atoms with E-state index in [9.17, 15) is 0 Å². The summed E-state index contributed by atoms with van der Waals surface area (Å²) in [5.74, 6) is 0.892. The van der Waals surface area contributed by atoms with Gasteiger partial charge in [0.15, 0.2) is 0 Å². The van der Waals surface area contributed by atoms with E-state index in [1.807, 2.05) is 13.1 Å². The first-order valence-corrected chi connectivity index (χ1v) is 9.15. The summed E-state index contributed by atoms with van der Waals surface area (Å²) in [4.78, 5) is 2.62. The molecule has 4 heteroatoms. The fourth-order valence-electron chi connectivity index (χ4n) is 3.24. The average Bonchev–Trinajstić information content (AvgIpc) is 2.49. The number of likely N-dealkylation sites (tertiary alicyclic amines) is 1. The third kappa shape index (κ3) is 4.95. The molecule has 0 saturated carbocycles. The van der Waals surface area contributed by atoms with Gasteiger partial charge in [0.25, 0.3) is 0 Å². The summed E-state index contributed by atoms with van der Waals surface area (Å²) in [7, 11) is 2.02. The highest BCUT2D eigenvalue weighted by molar-refractivity contribution is 9.10.